The second-order valence-electron chi connectivity index (χ2n) is 7.25. The molecular formula is C20H23BrF2N2O2S. The third-order valence-electron chi connectivity index (χ3n) is 3.97. The monoisotopic (exact) mass is 472 g/mol. The van der Waals surface area contributed by atoms with Crippen LogP contribution in [0.2, 0.25) is 0 Å². The average molecular weight is 473 g/mol. The molecule has 2 aromatic rings. The van der Waals surface area contributed by atoms with E-state index in [0.717, 1.165) is 6.07 Å². The molecule has 0 saturated heterocycles. The Labute approximate surface area is 176 Å². The van der Waals surface area contributed by atoms with Crippen molar-refractivity contribution >= 4 is 33.4 Å². The Hall–Kier alpha value is -1.80. The number of amides is 1. The van der Waals surface area contributed by atoms with E-state index in [2.05, 4.69) is 32.8 Å². The van der Waals surface area contributed by atoms with Gasteiger partial charge in [-0.05, 0) is 61.2 Å². The van der Waals surface area contributed by atoms with Crippen LogP contribution in [0.4, 0.5) is 13.6 Å². The number of thiazole rings is 1. The number of carbonyl (C=O) groups is 1. The predicted molar refractivity (Wildman–Crippen MR) is 110 cm³/mol. The van der Waals surface area contributed by atoms with Gasteiger partial charge in [0.1, 0.15) is 10.2 Å². The SMILES string of the molecule is C=CCCC(c1cccc(F)c1F)C(NC(=O)OC(C)(C)C)c1scnc1Br. The summed E-state index contributed by atoms with van der Waals surface area (Å²) in [5.41, 5.74) is 1.11. The minimum Gasteiger partial charge on any atom is -0.444 e. The highest BCUT2D eigenvalue weighted by atomic mass is 79.9. The summed E-state index contributed by atoms with van der Waals surface area (Å²) >= 11 is 4.69. The van der Waals surface area contributed by atoms with Crippen LogP contribution in [0.25, 0.3) is 0 Å². The lowest BCUT2D eigenvalue weighted by atomic mass is 9.86. The number of hydrogen-bond acceptors (Lipinski definition) is 4. The molecule has 0 radical (unpaired) electrons. The number of carbonyl (C=O) groups excluding carboxylic acids is 1. The van der Waals surface area contributed by atoms with E-state index in [-0.39, 0.29) is 5.56 Å². The number of ether oxygens (including phenoxy) is 1. The first-order valence-corrected chi connectivity index (χ1v) is 10.4. The van der Waals surface area contributed by atoms with Crippen LogP contribution in [0.5, 0.6) is 0 Å². The normalized spacial score (nSPS) is 13.6. The van der Waals surface area contributed by atoms with Gasteiger partial charge in [-0.25, -0.2) is 18.6 Å². The molecule has 8 heteroatoms. The fraction of sp³-hybridized carbons (Fsp3) is 0.400. The molecule has 0 aliphatic heterocycles. The van der Waals surface area contributed by atoms with Crippen LogP contribution in [-0.2, 0) is 4.74 Å². The van der Waals surface area contributed by atoms with Crippen molar-refractivity contribution in [2.75, 3.05) is 0 Å². The van der Waals surface area contributed by atoms with E-state index >= 15 is 0 Å². The molecule has 1 aromatic heterocycles. The highest BCUT2D eigenvalue weighted by Crippen LogP contribution is 2.41. The number of nitrogens with zero attached hydrogens (tertiary/aromatic N) is 1. The van der Waals surface area contributed by atoms with Gasteiger partial charge < -0.3 is 10.1 Å². The lowest BCUT2D eigenvalue weighted by Crippen LogP contribution is -2.37. The zero-order valence-electron chi connectivity index (χ0n) is 16.0. The Kier molecular flexibility index (Phi) is 7.71. The van der Waals surface area contributed by atoms with Crippen LogP contribution in [0.3, 0.4) is 0 Å². The number of rotatable bonds is 7. The van der Waals surface area contributed by atoms with Crippen molar-refractivity contribution in [3.63, 3.8) is 0 Å². The lowest BCUT2D eigenvalue weighted by molar-refractivity contribution is 0.0494. The van der Waals surface area contributed by atoms with Crippen LogP contribution >= 0.6 is 27.3 Å². The number of benzene rings is 1. The molecule has 0 spiro atoms. The molecule has 1 heterocycles. The summed E-state index contributed by atoms with van der Waals surface area (Å²) in [6.07, 6.45) is 2.08. The van der Waals surface area contributed by atoms with Crippen molar-refractivity contribution in [3.8, 4) is 0 Å². The van der Waals surface area contributed by atoms with Crippen molar-refractivity contribution < 1.29 is 18.3 Å². The first kappa shape index (κ1) is 22.5. The number of aromatic nitrogens is 1. The van der Waals surface area contributed by atoms with Crippen LogP contribution in [0.15, 0.2) is 41.0 Å². The molecular weight excluding hydrogens is 450 g/mol. The third kappa shape index (κ3) is 5.85. The van der Waals surface area contributed by atoms with E-state index in [9.17, 15) is 13.6 Å². The van der Waals surface area contributed by atoms with Gasteiger partial charge in [-0.1, -0.05) is 18.2 Å². The summed E-state index contributed by atoms with van der Waals surface area (Å²) in [6, 6.07) is 3.40. The first-order valence-electron chi connectivity index (χ1n) is 8.77. The molecule has 1 aromatic carbocycles. The maximum absolute atomic E-state index is 14.6. The molecule has 0 aliphatic rings. The van der Waals surface area contributed by atoms with E-state index < -0.39 is 35.3 Å². The van der Waals surface area contributed by atoms with E-state index in [1.54, 1.807) is 32.4 Å². The van der Waals surface area contributed by atoms with Crippen LogP contribution < -0.4 is 5.32 Å². The van der Waals surface area contributed by atoms with Gasteiger partial charge in [-0.2, -0.15) is 0 Å². The molecule has 0 fully saturated rings. The fourth-order valence-electron chi connectivity index (χ4n) is 2.83. The second kappa shape index (κ2) is 9.60. The standard InChI is InChI=1S/C20H23BrF2N2O2S/c1-5-6-8-13(12-9-7-10-14(22)15(12)23)16(17-18(21)24-11-28-17)25-19(26)27-20(2,3)4/h5,7,9-11,13,16H,1,6,8H2,2-4H3,(H,25,26). The molecule has 4 nitrogen and oxygen atoms in total. The van der Waals surface area contributed by atoms with E-state index in [4.69, 9.17) is 4.74 Å². The summed E-state index contributed by atoms with van der Waals surface area (Å²) in [5.74, 6) is -2.40. The smallest absolute Gasteiger partial charge is 0.408 e. The minimum atomic E-state index is -0.930. The molecule has 1 amide bonds. The maximum atomic E-state index is 14.6. The second-order valence-corrected chi connectivity index (χ2v) is 8.88. The van der Waals surface area contributed by atoms with E-state index in [1.807, 2.05) is 0 Å². The van der Waals surface area contributed by atoms with Gasteiger partial charge in [-0.15, -0.1) is 17.9 Å². The minimum absolute atomic E-state index is 0.184. The number of alkyl carbamates (subject to hydrolysis) is 1. The van der Waals surface area contributed by atoms with E-state index in [0.29, 0.717) is 22.3 Å². The van der Waals surface area contributed by atoms with Crippen molar-refractivity contribution in [1.82, 2.24) is 10.3 Å². The largest absolute Gasteiger partial charge is 0.444 e. The van der Waals surface area contributed by atoms with Crippen molar-refractivity contribution in [1.29, 1.82) is 0 Å². The topological polar surface area (TPSA) is 51.2 Å². The average Bonchev–Trinajstić information content (AvgIpc) is 3.01. The van der Waals surface area contributed by atoms with Crippen molar-refractivity contribution in [2.45, 2.75) is 51.2 Å². The molecule has 0 aliphatic carbocycles. The molecule has 152 valence electrons. The first-order chi connectivity index (χ1) is 13.1. The Morgan fingerprint density at radius 2 is 2.14 bits per heavy atom. The number of hydrogen-bond donors (Lipinski definition) is 1. The van der Waals surface area contributed by atoms with Gasteiger partial charge in [0.05, 0.1) is 16.4 Å². The van der Waals surface area contributed by atoms with Crippen LogP contribution in [0.1, 0.15) is 56.0 Å². The summed E-state index contributed by atoms with van der Waals surface area (Å²) in [6.45, 7) is 8.98. The molecule has 2 atom stereocenters. The third-order valence-corrected chi connectivity index (χ3v) is 5.78. The Morgan fingerprint density at radius 3 is 2.71 bits per heavy atom. The van der Waals surface area contributed by atoms with Crippen LogP contribution in [-0.4, -0.2) is 16.7 Å². The molecule has 0 bridgehead atoms. The van der Waals surface area contributed by atoms with Crippen molar-refractivity contribution in [2.24, 2.45) is 0 Å². The Morgan fingerprint density at radius 1 is 1.43 bits per heavy atom. The summed E-state index contributed by atoms with van der Waals surface area (Å²) in [5, 5.41) is 2.83. The van der Waals surface area contributed by atoms with Gasteiger partial charge in [0.2, 0.25) is 0 Å². The van der Waals surface area contributed by atoms with Crippen molar-refractivity contribution in [3.05, 3.63) is 63.0 Å². The van der Waals surface area contributed by atoms with Gasteiger partial charge in [0.25, 0.3) is 0 Å². The summed E-state index contributed by atoms with van der Waals surface area (Å²) in [4.78, 5) is 17.4. The van der Waals surface area contributed by atoms with E-state index in [1.165, 1.54) is 23.5 Å². The van der Waals surface area contributed by atoms with Gasteiger partial charge in [0.15, 0.2) is 11.6 Å². The quantitative estimate of drug-likeness (QED) is 0.467. The summed E-state index contributed by atoms with van der Waals surface area (Å²) < 4.78 is 34.4. The van der Waals surface area contributed by atoms with Gasteiger partial charge >= 0.3 is 6.09 Å². The predicted octanol–water partition coefficient (Wildman–Crippen LogP) is 6.50. The zero-order chi connectivity index (χ0) is 20.9. The number of nitrogens with one attached hydrogen (secondary N) is 1. The number of allylic oxidation sites excluding steroid dienone is 1. The Bertz CT molecular complexity index is 836. The lowest BCUT2D eigenvalue weighted by Gasteiger charge is -2.29. The summed E-state index contributed by atoms with van der Waals surface area (Å²) in [7, 11) is 0. The highest BCUT2D eigenvalue weighted by molar-refractivity contribution is 9.10. The molecule has 1 N–H and O–H groups in total. The maximum Gasteiger partial charge on any atom is 0.408 e. The zero-order valence-corrected chi connectivity index (χ0v) is 18.4. The molecule has 28 heavy (non-hydrogen) atoms. The fourth-order valence-corrected chi connectivity index (χ4v) is 4.39. The Balaban J connectivity index is 2.49. The molecule has 2 unspecified atom stereocenters. The highest BCUT2D eigenvalue weighted by Gasteiger charge is 2.33. The van der Waals surface area contributed by atoms with Crippen LogP contribution in [0, 0.1) is 11.6 Å². The molecule has 2 rings (SSSR count). The number of halogens is 3. The van der Waals surface area contributed by atoms with Gasteiger partial charge in [0, 0.05) is 5.92 Å². The van der Waals surface area contributed by atoms with Gasteiger partial charge in [-0.3, -0.25) is 0 Å². The molecule has 0 saturated carbocycles.